The smallest absolute Gasteiger partial charge is 0.270 e. The fourth-order valence-electron chi connectivity index (χ4n) is 0.900. The molecule has 0 saturated heterocycles. The molecule has 2 aromatic heterocycles. The minimum absolute atomic E-state index is 0.156. The highest BCUT2D eigenvalue weighted by atomic mass is 32.1. The third-order valence-electron chi connectivity index (χ3n) is 1.49. The van der Waals surface area contributed by atoms with Gasteiger partial charge in [-0.3, -0.25) is 4.79 Å². The highest BCUT2D eigenvalue weighted by Gasteiger charge is 2.10. The van der Waals surface area contributed by atoms with E-state index in [2.05, 4.69) is 4.98 Å². The molecule has 0 fully saturated rings. The molecular weight excluding hydrogens is 188 g/mol. The Bertz CT molecular complexity index is 419. The summed E-state index contributed by atoms with van der Waals surface area (Å²) < 4.78 is 5.07. The molecule has 66 valence electrons. The number of carbonyl (C=O) groups excluding carboxylic acids is 1. The molecular formula is C8H6N2O2S. The predicted molar refractivity (Wildman–Crippen MR) is 48.3 cm³/mol. The van der Waals surface area contributed by atoms with E-state index in [-0.39, 0.29) is 5.69 Å². The summed E-state index contributed by atoms with van der Waals surface area (Å²) in [6.45, 7) is 0. The number of carbonyl (C=O) groups is 1. The normalized spacial score (nSPS) is 10.2. The van der Waals surface area contributed by atoms with Gasteiger partial charge in [0, 0.05) is 0 Å². The van der Waals surface area contributed by atoms with Gasteiger partial charge in [0.05, 0.1) is 4.88 Å². The molecule has 0 atom stereocenters. The van der Waals surface area contributed by atoms with E-state index in [0.717, 1.165) is 4.88 Å². The highest BCUT2D eigenvalue weighted by molar-refractivity contribution is 7.13. The van der Waals surface area contributed by atoms with Crippen LogP contribution in [0.3, 0.4) is 0 Å². The van der Waals surface area contributed by atoms with Crippen molar-refractivity contribution < 1.29 is 9.21 Å². The summed E-state index contributed by atoms with van der Waals surface area (Å²) in [7, 11) is 0. The van der Waals surface area contributed by atoms with Crippen molar-refractivity contribution in [3.63, 3.8) is 0 Å². The van der Waals surface area contributed by atoms with Crippen LogP contribution in [0.5, 0.6) is 0 Å². The molecule has 0 bridgehead atoms. The Kier molecular flexibility index (Phi) is 1.86. The van der Waals surface area contributed by atoms with Gasteiger partial charge < -0.3 is 10.2 Å². The van der Waals surface area contributed by atoms with Gasteiger partial charge in [-0.2, -0.15) is 0 Å². The molecule has 0 aromatic carbocycles. The lowest BCUT2D eigenvalue weighted by molar-refractivity contribution is 0.0995. The molecule has 13 heavy (non-hydrogen) atoms. The zero-order chi connectivity index (χ0) is 9.26. The van der Waals surface area contributed by atoms with E-state index in [1.54, 1.807) is 0 Å². The third-order valence-corrected chi connectivity index (χ3v) is 2.35. The van der Waals surface area contributed by atoms with Gasteiger partial charge >= 0.3 is 0 Å². The zero-order valence-electron chi connectivity index (χ0n) is 6.56. The summed E-state index contributed by atoms with van der Waals surface area (Å²) in [5.74, 6) is -0.143. The van der Waals surface area contributed by atoms with Gasteiger partial charge in [-0.1, -0.05) is 6.07 Å². The van der Waals surface area contributed by atoms with Gasteiger partial charge in [0.25, 0.3) is 5.91 Å². The van der Waals surface area contributed by atoms with Crippen LogP contribution in [0.2, 0.25) is 0 Å². The van der Waals surface area contributed by atoms with E-state index in [9.17, 15) is 4.79 Å². The van der Waals surface area contributed by atoms with Gasteiger partial charge in [0.15, 0.2) is 5.69 Å². The summed E-state index contributed by atoms with van der Waals surface area (Å²) in [5, 5.41) is 1.91. The fraction of sp³-hybridized carbons (Fsp3) is 0. The number of nitrogens with two attached hydrogens (primary N) is 1. The number of aromatic nitrogens is 1. The summed E-state index contributed by atoms with van der Waals surface area (Å²) >= 11 is 1.49. The number of amides is 1. The van der Waals surface area contributed by atoms with Crippen molar-refractivity contribution >= 4 is 17.2 Å². The zero-order valence-corrected chi connectivity index (χ0v) is 7.38. The molecule has 0 aliphatic heterocycles. The van der Waals surface area contributed by atoms with Crippen LogP contribution in [0.15, 0.2) is 28.2 Å². The summed E-state index contributed by atoms with van der Waals surface area (Å²) in [4.78, 5) is 15.5. The van der Waals surface area contributed by atoms with E-state index in [0.29, 0.717) is 5.89 Å². The number of rotatable bonds is 2. The van der Waals surface area contributed by atoms with Crippen LogP contribution in [0.25, 0.3) is 10.8 Å². The van der Waals surface area contributed by atoms with Gasteiger partial charge in [0.1, 0.15) is 6.26 Å². The molecule has 0 aliphatic carbocycles. The van der Waals surface area contributed by atoms with Gasteiger partial charge in [-0.05, 0) is 11.4 Å². The van der Waals surface area contributed by atoms with Gasteiger partial charge in [-0.15, -0.1) is 11.3 Å². The second-order valence-electron chi connectivity index (χ2n) is 2.38. The average molecular weight is 194 g/mol. The first kappa shape index (κ1) is 8.00. The largest absolute Gasteiger partial charge is 0.443 e. The number of oxazole rings is 1. The SMILES string of the molecule is NC(=O)c1coc(-c2cccs2)n1. The quantitative estimate of drug-likeness (QED) is 0.787. The van der Waals surface area contributed by atoms with E-state index >= 15 is 0 Å². The minimum Gasteiger partial charge on any atom is -0.443 e. The molecule has 4 nitrogen and oxygen atoms in total. The van der Waals surface area contributed by atoms with Crippen molar-refractivity contribution in [2.24, 2.45) is 5.73 Å². The maximum atomic E-state index is 10.7. The summed E-state index contributed by atoms with van der Waals surface area (Å²) in [5.41, 5.74) is 5.18. The van der Waals surface area contributed by atoms with E-state index in [4.69, 9.17) is 10.2 Å². The van der Waals surface area contributed by atoms with Gasteiger partial charge in [-0.25, -0.2) is 4.98 Å². The minimum atomic E-state index is -0.577. The van der Waals surface area contributed by atoms with Crippen LogP contribution < -0.4 is 5.73 Å². The van der Waals surface area contributed by atoms with Crippen LogP contribution in [0.1, 0.15) is 10.5 Å². The van der Waals surface area contributed by atoms with Gasteiger partial charge in [0.2, 0.25) is 5.89 Å². The molecule has 2 heterocycles. The first-order chi connectivity index (χ1) is 6.27. The molecule has 2 N–H and O–H groups in total. The van der Waals surface area contributed by atoms with Crippen LogP contribution in [-0.2, 0) is 0 Å². The first-order valence-corrected chi connectivity index (χ1v) is 4.44. The predicted octanol–water partition coefficient (Wildman–Crippen LogP) is 1.50. The summed E-state index contributed by atoms with van der Waals surface area (Å²) in [6.07, 6.45) is 1.26. The second kappa shape index (κ2) is 3.02. The van der Waals surface area contributed by atoms with Crippen LogP contribution >= 0.6 is 11.3 Å². The van der Waals surface area contributed by atoms with E-state index in [1.165, 1.54) is 17.6 Å². The maximum Gasteiger partial charge on any atom is 0.270 e. The van der Waals surface area contributed by atoms with E-state index in [1.807, 2.05) is 17.5 Å². The van der Waals surface area contributed by atoms with Crippen molar-refractivity contribution in [1.82, 2.24) is 4.98 Å². The Labute approximate surface area is 78.0 Å². The lowest BCUT2D eigenvalue weighted by Gasteiger charge is -1.84. The molecule has 0 spiro atoms. The first-order valence-electron chi connectivity index (χ1n) is 3.56. The Hall–Kier alpha value is -1.62. The molecule has 0 radical (unpaired) electrons. The van der Waals surface area contributed by atoms with E-state index < -0.39 is 5.91 Å². The Morgan fingerprint density at radius 1 is 1.62 bits per heavy atom. The Balaban J connectivity index is 2.39. The molecule has 2 rings (SSSR count). The summed E-state index contributed by atoms with van der Waals surface area (Å²) in [6, 6.07) is 3.75. The fourth-order valence-corrected chi connectivity index (χ4v) is 1.56. The lowest BCUT2D eigenvalue weighted by atomic mass is 10.4. The van der Waals surface area contributed by atoms with Crippen LogP contribution in [0, 0.1) is 0 Å². The average Bonchev–Trinajstić information content (AvgIpc) is 2.75. The number of primary amides is 1. The van der Waals surface area contributed by atoms with Crippen molar-refractivity contribution in [2.45, 2.75) is 0 Å². The van der Waals surface area contributed by atoms with Crippen molar-refractivity contribution in [1.29, 1.82) is 0 Å². The topological polar surface area (TPSA) is 69.1 Å². The Morgan fingerprint density at radius 2 is 2.46 bits per heavy atom. The molecule has 2 aromatic rings. The number of thiophene rings is 1. The third kappa shape index (κ3) is 1.46. The Morgan fingerprint density at radius 3 is 3.00 bits per heavy atom. The van der Waals surface area contributed by atoms with Crippen molar-refractivity contribution in [3.05, 3.63) is 29.5 Å². The maximum absolute atomic E-state index is 10.7. The number of nitrogens with zero attached hydrogens (tertiary/aromatic N) is 1. The molecule has 0 saturated carbocycles. The number of hydrogen-bond donors (Lipinski definition) is 1. The lowest BCUT2D eigenvalue weighted by Crippen LogP contribution is -2.10. The molecule has 0 aliphatic rings. The standard InChI is InChI=1S/C8H6N2O2S/c9-7(11)5-4-12-8(10-5)6-2-1-3-13-6/h1-4H,(H2,9,11). The van der Waals surface area contributed by atoms with Crippen molar-refractivity contribution in [2.75, 3.05) is 0 Å². The molecule has 0 unspecified atom stereocenters. The monoisotopic (exact) mass is 194 g/mol. The molecule has 1 amide bonds. The van der Waals surface area contributed by atoms with Crippen LogP contribution in [0.4, 0.5) is 0 Å². The second-order valence-corrected chi connectivity index (χ2v) is 3.33. The van der Waals surface area contributed by atoms with Crippen molar-refractivity contribution in [3.8, 4) is 10.8 Å². The number of hydrogen-bond acceptors (Lipinski definition) is 4. The molecule has 5 heteroatoms. The highest BCUT2D eigenvalue weighted by Crippen LogP contribution is 2.23. The van der Waals surface area contributed by atoms with Crippen LogP contribution in [-0.4, -0.2) is 10.9 Å².